The lowest BCUT2D eigenvalue weighted by Gasteiger charge is -1.41. The Kier molecular flexibility index (Phi) is 2.21. The zero-order valence-electron chi connectivity index (χ0n) is 2.23. The van der Waals surface area contributed by atoms with Gasteiger partial charge in [0.25, 0.3) is 7.98 Å². The molecule has 0 aliphatic heterocycles. The molecule has 0 rings (SSSR count). The van der Waals surface area contributed by atoms with E-state index in [0.29, 0.717) is 0 Å². The lowest BCUT2D eigenvalue weighted by Crippen LogP contribution is -1.41. The van der Waals surface area contributed by atoms with Crippen LogP contribution in [0.25, 0.3) is 0 Å². The predicted molar refractivity (Wildman–Crippen MR) is 18.8 cm³/mol. The first kappa shape index (κ1) is 3.51. The van der Waals surface area contributed by atoms with Crippen molar-refractivity contribution in [1.29, 1.82) is 0 Å². The van der Waals surface area contributed by atoms with Crippen LogP contribution in [0, 0.1) is 0 Å². The van der Waals surface area contributed by atoms with Crippen LogP contribution >= 0.6 is 0 Å². The first-order valence-corrected chi connectivity index (χ1v) is 0.835. The Morgan fingerprint density at radius 3 is 2.25 bits per heavy atom. The minimum Gasteiger partial charge on any atom is -0.319 e. The zero-order chi connectivity index (χ0) is 3.41. The molecule has 0 aliphatic carbocycles. The van der Waals surface area contributed by atoms with Crippen LogP contribution in [-0.4, -0.2) is 13.9 Å². The van der Waals surface area contributed by atoms with Crippen molar-refractivity contribution in [3.63, 3.8) is 0 Å². The van der Waals surface area contributed by atoms with Gasteiger partial charge >= 0.3 is 0 Å². The van der Waals surface area contributed by atoms with E-state index in [1.807, 2.05) is 0 Å². The van der Waals surface area contributed by atoms with Crippen molar-refractivity contribution in [1.82, 2.24) is 0 Å². The number of hydrogen-bond acceptors (Lipinski definition) is 1. The van der Waals surface area contributed by atoms with Crippen LogP contribution in [0.4, 0.5) is 0 Å². The normalized spacial score (nSPS) is 4.00. The molecule has 0 fully saturated rings. The maximum absolute atomic E-state index is 4.48. The minimum absolute atomic E-state index is 2.08. The highest BCUT2D eigenvalue weighted by Crippen LogP contribution is 1.26. The predicted octanol–water partition coefficient (Wildman–Crippen LogP) is -0.0744. The Balaban J connectivity index is 3.11. The van der Waals surface area contributed by atoms with Gasteiger partial charge in [0.1, 0.15) is 0 Å². The van der Waals surface area contributed by atoms with E-state index in [2.05, 4.69) is 25.3 Å². The second kappa shape index (κ2) is 2.51. The van der Waals surface area contributed by atoms with Crippen molar-refractivity contribution in [2.24, 2.45) is 4.90 Å². The molecule has 2 heteroatoms. The molecule has 0 N–H and O–H groups in total. The van der Waals surface area contributed by atoms with E-state index >= 15 is 0 Å². The standard InChI is InChI=1S/C2H2BN/c1-2-4-3/h1H2. The highest BCUT2D eigenvalue weighted by Gasteiger charge is 1.25. The summed E-state index contributed by atoms with van der Waals surface area (Å²) in [7, 11) is 4.48. The first-order valence-electron chi connectivity index (χ1n) is 0.835. The van der Waals surface area contributed by atoms with Crippen molar-refractivity contribution in [2.45, 2.75) is 0 Å². The summed E-state index contributed by atoms with van der Waals surface area (Å²) >= 11 is 0. The Bertz CT molecular complexity index is 44.0. The monoisotopic (exact) mass is 51.0 g/mol. The molecular formula is C2H2BN. The summed E-state index contributed by atoms with van der Waals surface area (Å²) in [6, 6.07) is 0. The van der Waals surface area contributed by atoms with Crippen molar-refractivity contribution in [3.8, 4) is 0 Å². The van der Waals surface area contributed by atoms with Crippen LogP contribution in [0.15, 0.2) is 11.5 Å². The quantitative estimate of drug-likeness (QED) is 0.269. The Morgan fingerprint density at radius 2 is 2.25 bits per heavy atom. The average molecular weight is 50.9 g/mol. The molecule has 0 aliphatic rings. The molecule has 2 radical (unpaired) electrons. The average Bonchev–Trinajstić information content (AvgIpc) is 1.37. The van der Waals surface area contributed by atoms with Gasteiger partial charge in [-0.05, 0) is 12.4 Å². The van der Waals surface area contributed by atoms with Gasteiger partial charge in [-0.3, -0.25) is 0 Å². The van der Waals surface area contributed by atoms with Crippen LogP contribution < -0.4 is 0 Å². The van der Waals surface area contributed by atoms with Gasteiger partial charge in [-0.15, -0.1) is 0 Å². The number of hydrogen-bond donors (Lipinski definition) is 0. The number of nitrogens with zero attached hydrogens (tertiary/aromatic N) is 1. The van der Waals surface area contributed by atoms with E-state index in [1.165, 1.54) is 0 Å². The molecule has 0 aromatic carbocycles. The fourth-order valence-corrected chi connectivity index (χ4v) is 0. The lowest BCUT2D eigenvalue weighted by atomic mass is 10.5. The Labute approximate surface area is 26.5 Å². The fraction of sp³-hybridized carbons (Fsp3) is 0. The van der Waals surface area contributed by atoms with Crippen molar-refractivity contribution in [3.05, 3.63) is 6.58 Å². The molecular weight excluding hydrogens is 48.8 g/mol. The van der Waals surface area contributed by atoms with Crippen molar-refractivity contribution >= 4 is 13.9 Å². The van der Waals surface area contributed by atoms with Gasteiger partial charge in [-0.2, -0.15) is 0 Å². The largest absolute Gasteiger partial charge is 0.319 e. The molecule has 0 atom stereocenters. The van der Waals surface area contributed by atoms with Gasteiger partial charge in [0.2, 0.25) is 0 Å². The molecule has 0 amide bonds. The van der Waals surface area contributed by atoms with Crippen LogP contribution in [0.3, 0.4) is 0 Å². The maximum Gasteiger partial charge on any atom is 0.273 e. The second-order valence-corrected chi connectivity index (χ2v) is 0.287. The van der Waals surface area contributed by atoms with E-state index in [9.17, 15) is 0 Å². The molecule has 0 bridgehead atoms. The third kappa shape index (κ3) is 1.51. The highest BCUT2D eigenvalue weighted by atomic mass is 14.5. The van der Waals surface area contributed by atoms with Gasteiger partial charge in [0.15, 0.2) is 0 Å². The van der Waals surface area contributed by atoms with Crippen LogP contribution in [0.5, 0.6) is 0 Å². The van der Waals surface area contributed by atoms with E-state index < -0.39 is 0 Å². The second-order valence-electron chi connectivity index (χ2n) is 0.287. The third-order valence-corrected chi connectivity index (χ3v) is 0.0913. The third-order valence-electron chi connectivity index (χ3n) is 0.0913. The summed E-state index contributed by atoms with van der Waals surface area (Å²) in [6.07, 6.45) is 0. The van der Waals surface area contributed by atoms with E-state index in [1.54, 1.807) is 0 Å². The molecule has 0 saturated carbocycles. The lowest BCUT2D eigenvalue weighted by molar-refractivity contribution is 1.98. The van der Waals surface area contributed by atoms with Gasteiger partial charge in [0.05, 0.1) is 0 Å². The van der Waals surface area contributed by atoms with Crippen molar-refractivity contribution in [2.75, 3.05) is 0 Å². The molecule has 0 unspecified atom stereocenters. The molecule has 18 valence electrons. The summed E-state index contributed by atoms with van der Waals surface area (Å²) in [5, 5.41) is 0. The fourth-order valence-electron chi connectivity index (χ4n) is 0. The molecule has 0 aromatic heterocycles. The molecule has 1 nitrogen and oxygen atoms in total. The molecule has 0 saturated heterocycles. The molecule has 0 aromatic rings. The SMILES string of the molecule is [B]N=C=C. The van der Waals surface area contributed by atoms with Crippen LogP contribution in [-0.2, 0) is 0 Å². The van der Waals surface area contributed by atoms with Gasteiger partial charge < -0.3 is 4.90 Å². The summed E-state index contributed by atoms with van der Waals surface area (Å²) in [4.78, 5) is 2.88. The van der Waals surface area contributed by atoms with Gasteiger partial charge in [0, 0.05) is 0 Å². The van der Waals surface area contributed by atoms with Gasteiger partial charge in [-0.25, -0.2) is 0 Å². The topological polar surface area (TPSA) is 12.4 Å². The first-order chi connectivity index (χ1) is 1.91. The maximum atomic E-state index is 4.48. The smallest absolute Gasteiger partial charge is 0.273 e. The summed E-state index contributed by atoms with van der Waals surface area (Å²) < 4.78 is 0. The van der Waals surface area contributed by atoms with E-state index in [-0.39, 0.29) is 0 Å². The van der Waals surface area contributed by atoms with Crippen molar-refractivity contribution < 1.29 is 0 Å². The Morgan fingerprint density at radius 1 is 2.00 bits per heavy atom. The minimum atomic E-state index is 2.08. The summed E-state index contributed by atoms with van der Waals surface area (Å²) in [6.45, 7) is 3.06. The molecule has 4 heavy (non-hydrogen) atoms. The summed E-state index contributed by atoms with van der Waals surface area (Å²) in [5.41, 5.74) is 0. The van der Waals surface area contributed by atoms with Crippen LogP contribution in [0.1, 0.15) is 0 Å². The van der Waals surface area contributed by atoms with Gasteiger partial charge in [-0.1, -0.05) is 0 Å². The molecule has 0 spiro atoms. The molecule has 0 heterocycles. The Hall–Kier alpha value is -0.485. The number of rotatable bonds is 0. The van der Waals surface area contributed by atoms with Crippen LogP contribution in [0.2, 0.25) is 0 Å². The zero-order valence-corrected chi connectivity index (χ0v) is 2.23. The summed E-state index contributed by atoms with van der Waals surface area (Å²) in [5.74, 6) is 2.08. The van der Waals surface area contributed by atoms with E-state index in [0.717, 1.165) is 0 Å². The highest BCUT2D eigenvalue weighted by molar-refractivity contribution is 6.08. The van der Waals surface area contributed by atoms with E-state index in [4.69, 9.17) is 0 Å².